The minimum atomic E-state index is -0.771. The predicted molar refractivity (Wildman–Crippen MR) is 82.3 cm³/mol. The molecule has 2 fully saturated rings. The lowest BCUT2D eigenvalue weighted by Crippen LogP contribution is -2.32. The third-order valence-corrected chi connectivity index (χ3v) is 4.73. The van der Waals surface area contributed by atoms with Crippen molar-refractivity contribution < 1.29 is 9.90 Å². The maximum atomic E-state index is 11.0. The van der Waals surface area contributed by atoms with Gasteiger partial charge in [-0.05, 0) is 37.3 Å². The van der Waals surface area contributed by atoms with E-state index >= 15 is 0 Å². The normalized spacial score (nSPS) is 24.1. The minimum absolute atomic E-state index is 0.436. The molecule has 2 aliphatic rings. The zero-order valence-corrected chi connectivity index (χ0v) is 12.6. The van der Waals surface area contributed by atoms with E-state index < -0.39 is 11.9 Å². The van der Waals surface area contributed by atoms with Crippen LogP contribution in [0.4, 0.5) is 0 Å². The van der Waals surface area contributed by atoms with Gasteiger partial charge in [0.1, 0.15) is 0 Å². The standard InChI is InChI=1S/C17H24N2O2/c1-12(17(20)21)14-4-2-13(3-5-14)10-18-15-8-9-19(11-15)16-6-7-16/h2-5,12,15-16,18H,6-11H2,1H3,(H,20,21). The van der Waals surface area contributed by atoms with Gasteiger partial charge in [0.25, 0.3) is 0 Å². The Bertz CT molecular complexity index is 496. The maximum absolute atomic E-state index is 11.0. The van der Waals surface area contributed by atoms with Crippen LogP contribution in [0.5, 0.6) is 0 Å². The van der Waals surface area contributed by atoms with Gasteiger partial charge in [0.05, 0.1) is 5.92 Å². The Morgan fingerprint density at radius 3 is 2.67 bits per heavy atom. The fourth-order valence-electron chi connectivity index (χ4n) is 3.05. The first-order chi connectivity index (χ1) is 10.1. The van der Waals surface area contributed by atoms with Crippen molar-refractivity contribution in [1.29, 1.82) is 0 Å². The summed E-state index contributed by atoms with van der Waals surface area (Å²) in [5.41, 5.74) is 2.09. The molecule has 0 radical (unpaired) electrons. The molecule has 3 rings (SSSR count). The van der Waals surface area contributed by atoms with E-state index in [-0.39, 0.29) is 0 Å². The van der Waals surface area contributed by atoms with Gasteiger partial charge in [-0.1, -0.05) is 24.3 Å². The molecular formula is C17H24N2O2. The number of aliphatic carboxylic acids is 1. The van der Waals surface area contributed by atoms with Gasteiger partial charge in [-0.3, -0.25) is 9.69 Å². The molecule has 0 spiro atoms. The average molecular weight is 288 g/mol. The van der Waals surface area contributed by atoms with Gasteiger partial charge in [0, 0.05) is 31.7 Å². The molecule has 1 aromatic carbocycles. The van der Waals surface area contributed by atoms with E-state index in [2.05, 4.69) is 10.2 Å². The molecule has 0 aromatic heterocycles. The number of carboxylic acid groups (broad SMARTS) is 1. The van der Waals surface area contributed by atoms with Crippen LogP contribution in [0, 0.1) is 0 Å². The first-order valence-electron chi connectivity index (χ1n) is 7.92. The number of likely N-dealkylation sites (tertiary alicyclic amines) is 1. The second-order valence-electron chi connectivity index (χ2n) is 6.39. The summed E-state index contributed by atoms with van der Waals surface area (Å²) in [5, 5.41) is 12.6. The molecule has 1 aliphatic carbocycles. The Balaban J connectivity index is 1.48. The third kappa shape index (κ3) is 3.63. The van der Waals surface area contributed by atoms with E-state index in [1.807, 2.05) is 24.3 Å². The van der Waals surface area contributed by atoms with Crippen LogP contribution in [0.15, 0.2) is 24.3 Å². The SMILES string of the molecule is CC(C(=O)O)c1ccc(CNC2CCN(C3CC3)C2)cc1. The fourth-order valence-corrected chi connectivity index (χ4v) is 3.05. The second-order valence-corrected chi connectivity index (χ2v) is 6.39. The minimum Gasteiger partial charge on any atom is -0.481 e. The van der Waals surface area contributed by atoms with E-state index in [1.165, 1.54) is 37.9 Å². The molecule has 1 saturated heterocycles. The first kappa shape index (κ1) is 14.5. The Morgan fingerprint density at radius 1 is 1.33 bits per heavy atom. The second kappa shape index (κ2) is 6.16. The molecule has 4 heteroatoms. The molecule has 0 bridgehead atoms. The zero-order valence-electron chi connectivity index (χ0n) is 12.6. The summed E-state index contributed by atoms with van der Waals surface area (Å²) < 4.78 is 0. The van der Waals surface area contributed by atoms with Crippen LogP contribution < -0.4 is 5.32 Å². The van der Waals surface area contributed by atoms with Crippen molar-refractivity contribution in [3.63, 3.8) is 0 Å². The highest BCUT2D eigenvalue weighted by Crippen LogP contribution is 2.29. The monoisotopic (exact) mass is 288 g/mol. The highest BCUT2D eigenvalue weighted by Gasteiger charge is 2.33. The van der Waals surface area contributed by atoms with Gasteiger partial charge >= 0.3 is 5.97 Å². The summed E-state index contributed by atoms with van der Waals surface area (Å²) in [4.78, 5) is 13.6. The van der Waals surface area contributed by atoms with Gasteiger partial charge in [-0.25, -0.2) is 0 Å². The van der Waals surface area contributed by atoms with Crippen molar-refractivity contribution in [2.24, 2.45) is 0 Å². The topological polar surface area (TPSA) is 52.6 Å². The van der Waals surface area contributed by atoms with Crippen LogP contribution >= 0.6 is 0 Å². The van der Waals surface area contributed by atoms with Gasteiger partial charge in [-0.15, -0.1) is 0 Å². The summed E-state index contributed by atoms with van der Waals surface area (Å²) in [6, 6.07) is 9.41. The molecule has 1 aliphatic heterocycles. The molecule has 1 heterocycles. The summed E-state index contributed by atoms with van der Waals surface area (Å²) >= 11 is 0. The summed E-state index contributed by atoms with van der Waals surface area (Å²) in [6.07, 6.45) is 4.01. The molecule has 4 nitrogen and oxygen atoms in total. The summed E-state index contributed by atoms with van der Waals surface area (Å²) in [7, 11) is 0. The predicted octanol–water partition coefficient (Wildman–Crippen LogP) is 2.20. The van der Waals surface area contributed by atoms with Crippen LogP contribution in [-0.4, -0.2) is 41.1 Å². The van der Waals surface area contributed by atoms with Crippen LogP contribution in [0.25, 0.3) is 0 Å². The maximum Gasteiger partial charge on any atom is 0.310 e. The van der Waals surface area contributed by atoms with E-state index in [4.69, 9.17) is 5.11 Å². The van der Waals surface area contributed by atoms with Crippen molar-refractivity contribution in [2.45, 2.75) is 50.7 Å². The van der Waals surface area contributed by atoms with Gasteiger partial charge < -0.3 is 10.4 Å². The zero-order chi connectivity index (χ0) is 14.8. The van der Waals surface area contributed by atoms with Crippen molar-refractivity contribution in [2.75, 3.05) is 13.1 Å². The Hall–Kier alpha value is -1.39. The quantitative estimate of drug-likeness (QED) is 0.842. The number of rotatable bonds is 6. The highest BCUT2D eigenvalue weighted by atomic mass is 16.4. The lowest BCUT2D eigenvalue weighted by molar-refractivity contribution is -0.138. The molecule has 1 saturated carbocycles. The van der Waals surface area contributed by atoms with Crippen molar-refractivity contribution in [3.8, 4) is 0 Å². The number of carboxylic acids is 1. The molecule has 0 amide bonds. The van der Waals surface area contributed by atoms with Crippen LogP contribution in [-0.2, 0) is 11.3 Å². The van der Waals surface area contributed by atoms with Crippen LogP contribution in [0.1, 0.15) is 43.2 Å². The number of nitrogens with one attached hydrogen (secondary N) is 1. The number of benzene rings is 1. The van der Waals surface area contributed by atoms with E-state index in [0.717, 1.165) is 18.2 Å². The molecule has 2 N–H and O–H groups in total. The first-order valence-corrected chi connectivity index (χ1v) is 7.92. The largest absolute Gasteiger partial charge is 0.481 e. The van der Waals surface area contributed by atoms with Crippen molar-refractivity contribution in [1.82, 2.24) is 10.2 Å². The number of carbonyl (C=O) groups is 1. The summed E-state index contributed by atoms with van der Waals surface area (Å²) in [5.74, 6) is -1.21. The smallest absolute Gasteiger partial charge is 0.310 e. The summed E-state index contributed by atoms with van der Waals surface area (Å²) in [6.45, 7) is 5.00. The Kier molecular flexibility index (Phi) is 4.27. The Labute approximate surface area is 126 Å². The van der Waals surface area contributed by atoms with Gasteiger partial charge in [0.15, 0.2) is 0 Å². The molecule has 1 aromatic rings. The fraction of sp³-hybridized carbons (Fsp3) is 0.588. The lowest BCUT2D eigenvalue weighted by Gasteiger charge is -2.16. The van der Waals surface area contributed by atoms with Gasteiger partial charge in [0.2, 0.25) is 0 Å². The average Bonchev–Trinajstić information content (AvgIpc) is 3.24. The molecule has 2 unspecified atom stereocenters. The van der Waals surface area contributed by atoms with E-state index in [0.29, 0.717) is 6.04 Å². The number of hydrogen-bond acceptors (Lipinski definition) is 3. The number of nitrogens with zero attached hydrogens (tertiary/aromatic N) is 1. The Morgan fingerprint density at radius 2 is 2.05 bits per heavy atom. The molecule has 2 atom stereocenters. The number of hydrogen-bond donors (Lipinski definition) is 2. The molecule has 21 heavy (non-hydrogen) atoms. The third-order valence-electron chi connectivity index (χ3n) is 4.73. The van der Waals surface area contributed by atoms with E-state index in [1.54, 1.807) is 6.92 Å². The highest BCUT2D eigenvalue weighted by molar-refractivity contribution is 5.75. The molecule has 114 valence electrons. The van der Waals surface area contributed by atoms with Crippen molar-refractivity contribution >= 4 is 5.97 Å². The van der Waals surface area contributed by atoms with Crippen LogP contribution in [0.3, 0.4) is 0 Å². The van der Waals surface area contributed by atoms with Crippen molar-refractivity contribution in [3.05, 3.63) is 35.4 Å². The van der Waals surface area contributed by atoms with E-state index in [9.17, 15) is 4.79 Å². The van der Waals surface area contributed by atoms with Gasteiger partial charge in [-0.2, -0.15) is 0 Å². The lowest BCUT2D eigenvalue weighted by atomic mass is 10.00. The molecular weight excluding hydrogens is 264 g/mol. The van der Waals surface area contributed by atoms with Crippen LogP contribution in [0.2, 0.25) is 0 Å².